The summed E-state index contributed by atoms with van der Waals surface area (Å²) in [7, 11) is 4.70. The van der Waals surface area contributed by atoms with Crippen molar-refractivity contribution in [3.63, 3.8) is 0 Å². The summed E-state index contributed by atoms with van der Waals surface area (Å²) in [5.41, 5.74) is 0. The first kappa shape index (κ1) is 16.5. The van der Waals surface area contributed by atoms with E-state index in [1.54, 1.807) is 0 Å². The Morgan fingerprint density at radius 2 is 1.57 bits per heavy atom. The van der Waals surface area contributed by atoms with Crippen LogP contribution in [-0.4, -0.2) is 14.0 Å². The summed E-state index contributed by atoms with van der Waals surface area (Å²) in [6, 6.07) is 0. The molecule has 14 heavy (non-hydrogen) atoms. The molecule has 83 valence electrons. The molecule has 0 unspecified atom stereocenters. The van der Waals surface area contributed by atoms with E-state index < -0.39 is 0 Å². The first-order valence-electron chi connectivity index (χ1n) is 5.20. The first-order chi connectivity index (χ1) is 6.31. The third-order valence-corrected chi connectivity index (χ3v) is 2.12. The van der Waals surface area contributed by atoms with Gasteiger partial charge in [0.15, 0.2) is 0 Å². The summed E-state index contributed by atoms with van der Waals surface area (Å²) in [4.78, 5) is 10.6. The van der Waals surface area contributed by atoms with Gasteiger partial charge in [0.2, 0.25) is 0 Å². The van der Waals surface area contributed by atoms with Crippen LogP contribution in [-0.2, 0) is 26.2 Å². The Hall–Kier alpha value is 0.0414. The number of hydrogen-bond acceptors (Lipinski definition) is 2. The standard InChI is InChI=1S/C10H19BO2.Co/c1-2-3-4-5-6-7-8-9-10(12)13-11;/h2-9H2,1H3;. The topological polar surface area (TPSA) is 26.3 Å². The number of rotatable bonds is 8. The van der Waals surface area contributed by atoms with Crippen LogP contribution in [0.2, 0.25) is 0 Å². The Balaban J connectivity index is 0. The second-order valence-electron chi connectivity index (χ2n) is 3.36. The molecular formula is C10H19BCoO2. The zero-order valence-corrected chi connectivity index (χ0v) is 9.93. The van der Waals surface area contributed by atoms with Crippen molar-refractivity contribution in [3.8, 4) is 0 Å². The molecule has 0 aromatic rings. The Morgan fingerprint density at radius 3 is 2.07 bits per heavy atom. The molecule has 0 rings (SSSR count). The molecule has 2 nitrogen and oxygen atoms in total. The van der Waals surface area contributed by atoms with Gasteiger partial charge < -0.3 is 4.65 Å². The Kier molecular flexibility index (Phi) is 15.3. The van der Waals surface area contributed by atoms with Crippen molar-refractivity contribution in [2.45, 2.75) is 58.3 Å². The van der Waals surface area contributed by atoms with Crippen molar-refractivity contribution in [3.05, 3.63) is 0 Å². The van der Waals surface area contributed by atoms with Gasteiger partial charge >= 0.3 is 8.05 Å². The van der Waals surface area contributed by atoms with E-state index in [-0.39, 0.29) is 22.7 Å². The van der Waals surface area contributed by atoms with Crippen molar-refractivity contribution in [1.29, 1.82) is 0 Å². The van der Waals surface area contributed by atoms with Crippen molar-refractivity contribution >= 4 is 14.0 Å². The average Bonchev–Trinajstić information content (AvgIpc) is 2.16. The molecule has 0 bridgehead atoms. The molecule has 0 heterocycles. The molecule has 0 aromatic carbocycles. The number of carbonyl (C=O) groups is 1. The van der Waals surface area contributed by atoms with Gasteiger partial charge in [-0.25, -0.2) is 0 Å². The van der Waals surface area contributed by atoms with Crippen LogP contribution >= 0.6 is 0 Å². The molecule has 0 N–H and O–H groups in total. The predicted octanol–water partition coefficient (Wildman–Crippen LogP) is 2.75. The van der Waals surface area contributed by atoms with Crippen LogP contribution in [0.25, 0.3) is 0 Å². The van der Waals surface area contributed by atoms with Gasteiger partial charge in [0.1, 0.15) is 0 Å². The van der Waals surface area contributed by atoms with Crippen LogP contribution in [0.4, 0.5) is 0 Å². The van der Waals surface area contributed by atoms with Crippen molar-refractivity contribution in [2.75, 3.05) is 0 Å². The largest absolute Gasteiger partial charge is 0.543 e. The second kappa shape index (κ2) is 13.0. The molecule has 0 aliphatic carbocycles. The number of unbranched alkanes of at least 4 members (excludes halogenated alkanes) is 6. The third kappa shape index (κ3) is 12.0. The van der Waals surface area contributed by atoms with E-state index in [1.165, 1.54) is 32.1 Å². The van der Waals surface area contributed by atoms with E-state index >= 15 is 0 Å². The molecule has 4 heteroatoms. The molecule has 0 aromatic heterocycles. The van der Waals surface area contributed by atoms with Gasteiger partial charge in [0.05, 0.1) is 0 Å². The quantitative estimate of drug-likeness (QED) is 0.482. The van der Waals surface area contributed by atoms with Crippen molar-refractivity contribution in [2.24, 2.45) is 0 Å². The van der Waals surface area contributed by atoms with Gasteiger partial charge in [0, 0.05) is 23.2 Å². The van der Waals surface area contributed by atoms with Gasteiger partial charge in [-0.1, -0.05) is 45.4 Å². The summed E-state index contributed by atoms with van der Waals surface area (Å²) in [5.74, 6) is -0.298. The molecule has 0 aliphatic rings. The molecule has 0 saturated carbocycles. The summed E-state index contributed by atoms with van der Waals surface area (Å²) >= 11 is 0. The first-order valence-corrected chi connectivity index (χ1v) is 5.20. The Labute approximate surface area is 98.8 Å². The molecule has 3 radical (unpaired) electrons. The monoisotopic (exact) mass is 241 g/mol. The van der Waals surface area contributed by atoms with E-state index in [9.17, 15) is 4.79 Å². The smallest absolute Gasteiger partial charge is 0.378 e. The van der Waals surface area contributed by atoms with Crippen molar-refractivity contribution < 1.29 is 26.2 Å². The molecular weight excluding hydrogens is 222 g/mol. The van der Waals surface area contributed by atoms with E-state index in [4.69, 9.17) is 8.05 Å². The maximum atomic E-state index is 10.6. The van der Waals surface area contributed by atoms with Gasteiger partial charge in [-0.05, 0) is 6.42 Å². The van der Waals surface area contributed by atoms with Gasteiger partial charge in [0.25, 0.3) is 5.97 Å². The van der Waals surface area contributed by atoms with E-state index in [1.807, 2.05) is 0 Å². The van der Waals surface area contributed by atoms with Crippen LogP contribution in [0.15, 0.2) is 0 Å². The Bertz CT molecular complexity index is 131. The third-order valence-electron chi connectivity index (χ3n) is 2.12. The minimum atomic E-state index is -0.298. The minimum Gasteiger partial charge on any atom is -0.543 e. The zero-order chi connectivity index (χ0) is 9.94. The maximum Gasteiger partial charge on any atom is 0.378 e. The van der Waals surface area contributed by atoms with Crippen LogP contribution in [0.5, 0.6) is 0 Å². The maximum absolute atomic E-state index is 10.6. The second-order valence-corrected chi connectivity index (χ2v) is 3.36. The molecule has 0 atom stereocenters. The van der Waals surface area contributed by atoms with Crippen molar-refractivity contribution in [1.82, 2.24) is 0 Å². The Morgan fingerprint density at radius 1 is 1.07 bits per heavy atom. The normalized spacial score (nSPS) is 9.21. The molecule has 0 fully saturated rings. The zero-order valence-electron chi connectivity index (χ0n) is 8.88. The predicted molar refractivity (Wildman–Crippen MR) is 54.5 cm³/mol. The molecule has 0 spiro atoms. The minimum absolute atomic E-state index is 0. The molecule has 0 amide bonds. The van der Waals surface area contributed by atoms with Gasteiger partial charge in [-0.3, -0.25) is 4.79 Å². The summed E-state index contributed by atoms with van der Waals surface area (Å²) in [6.45, 7) is 2.21. The SMILES string of the molecule is [B]OC(=O)CCCCCCCCC.[Co]. The van der Waals surface area contributed by atoms with Gasteiger partial charge in [-0.15, -0.1) is 0 Å². The van der Waals surface area contributed by atoms with Crippen LogP contribution < -0.4 is 0 Å². The summed E-state index contributed by atoms with van der Waals surface area (Å²) in [6.07, 6.45) is 8.90. The fourth-order valence-corrected chi connectivity index (χ4v) is 1.29. The van der Waals surface area contributed by atoms with Crippen LogP contribution in [0.1, 0.15) is 58.3 Å². The van der Waals surface area contributed by atoms with E-state index in [0.717, 1.165) is 12.8 Å². The van der Waals surface area contributed by atoms with Crippen LogP contribution in [0.3, 0.4) is 0 Å². The fraction of sp³-hybridized carbons (Fsp3) is 0.900. The number of carbonyl (C=O) groups excluding carboxylic acids is 1. The van der Waals surface area contributed by atoms with E-state index in [0.29, 0.717) is 6.42 Å². The molecule has 0 saturated heterocycles. The number of hydrogen-bond donors (Lipinski definition) is 0. The molecule has 0 aliphatic heterocycles. The van der Waals surface area contributed by atoms with E-state index in [2.05, 4.69) is 11.6 Å². The fourth-order valence-electron chi connectivity index (χ4n) is 1.29. The summed E-state index contributed by atoms with van der Waals surface area (Å²) < 4.78 is 4.06. The van der Waals surface area contributed by atoms with Gasteiger partial charge in [-0.2, -0.15) is 0 Å². The average molecular weight is 241 g/mol. The summed E-state index contributed by atoms with van der Waals surface area (Å²) in [5, 5.41) is 0. The van der Waals surface area contributed by atoms with Crippen LogP contribution in [0, 0.1) is 0 Å².